The van der Waals surface area contributed by atoms with Crippen molar-refractivity contribution in [2.24, 2.45) is 4.99 Å². The molecule has 2 aliphatic heterocycles. The first-order valence-corrected chi connectivity index (χ1v) is 11.4. The Morgan fingerprint density at radius 1 is 1.00 bits per heavy atom. The number of rotatable bonds is 9. The molecule has 0 spiro atoms. The molecule has 0 saturated carbocycles. The summed E-state index contributed by atoms with van der Waals surface area (Å²) in [4.78, 5) is 9.40. The van der Waals surface area contributed by atoms with Gasteiger partial charge in [0.25, 0.3) is 0 Å². The standard InChI is InChI=1S/C23H39N5O2.HI/c1-24-23(25-10-4-5-11-27-12-6-7-13-27)26-19-8-14-28(15-9-19)20-16-21(29-2)18-22(17-20)30-3;/h16-19H,4-15H2,1-3H3,(H2,24,25,26);1H. The Balaban J connectivity index is 0.00000341. The van der Waals surface area contributed by atoms with E-state index in [0.717, 1.165) is 55.6 Å². The highest BCUT2D eigenvalue weighted by atomic mass is 127. The minimum atomic E-state index is 0. The highest BCUT2D eigenvalue weighted by Crippen LogP contribution is 2.30. The number of anilines is 1. The molecule has 2 aliphatic rings. The summed E-state index contributed by atoms with van der Waals surface area (Å²) >= 11 is 0. The summed E-state index contributed by atoms with van der Waals surface area (Å²) in [5.74, 6) is 2.59. The third-order valence-corrected chi connectivity index (χ3v) is 6.15. The second kappa shape index (κ2) is 13.9. The van der Waals surface area contributed by atoms with Crippen molar-refractivity contribution in [2.45, 2.75) is 44.6 Å². The van der Waals surface area contributed by atoms with E-state index in [0.29, 0.717) is 6.04 Å². The Hall–Kier alpha value is -1.42. The lowest BCUT2D eigenvalue weighted by atomic mass is 10.0. The van der Waals surface area contributed by atoms with E-state index >= 15 is 0 Å². The van der Waals surface area contributed by atoms with Gasteiger partial charge in [-0.1, -0.05) is 0 Å². The van der Waals surface area contributed by atoms with Crippen molar-refractivity contribution in [3.05, 3.63) is 18.2 Å². The minimum absolute atomic E-state index is 0. The van der Waals surface area contributed by atoms with Gasteiger partial charge in [-0.3, -0.25) is 4.99 Å². The smallest absolute Gasteiger partial charge is 0.191 e. The van der Waals surface area contributed by atoms with Crippen LogP contribution in [-0.4, -0.2) is 77.4 Å². The number of piperidine rings is 1. The summed E-state index contributed by atoms with van der Waals surface area (Å²) in [7, 11) is 5.25. The Kier molecular flexibility index (Phi) is 11.6. The summed E-state index contributed by atoms with van der Waals surface area (Å²) in [5.41, 5.74) is 1.16. The van der Waals surface area contributed by atoms with E-state index in [-0.39, 0.29) is 24.0 Å². The van der Waals surface area contributed by atoms with Crippen LogP contribution >= 0.6 is 24.0 Å². The maximum Gasteiger partial charge on any atom is 0.191 e. The minimum Gasteiger partial charge on any atom is -0.497 e. The highest BCUT2D eigenvalue weighted by molar-refractivity contribution is 14.0. The van der Waals surface area contributed by atoms with Gasteiger partial charge in [-0.05, 0) is 58.2 Å². The normalized spacial score (nSPS) is 17.9. The van der Waals surface area contributed by atoms with E-state index in [1.54, 1.807) is 14.2 Å². The summed E-state index contributed by atoms with van der Waals surface area (Å²) in [6.45, 7) is 6.80. The quantitative estimate of drug-likeness (QED) is 0.215. The van der Waals surface area contributed by atoms with Gasteiger partial charge in [0, 0.05) is 56.6 Å². The number of likely N-dealkylation sites (tertiary alicyclic amines) is 1. The Morgan fingerprint density at radius 3 is 2.23 bits per heavy atom. The largest absolute Gasteiger partial charge is 0.497 e. The number of aliphatic imine (C=N–C) groups is 1. The molecule has 0 radical (unpaired) electrons. The third kappa shape index (κ3) is 8.21. The molecule has 31 heavy (non-hydrogen) atoms. The zero-order chi connectivity index (χ0) is 21.2. The molecule has 0 bridgehead atoms. The first kappa shape index (κ1) is 25.8. The van der Waals surface area contributed by atoms with E-state index in [1.807, 2.05) is 13.1 Å². The average Bonchev–Trinajstić information content (AvgIpc) is 3.31. The molecule has 1 aromatic rings. The SMILES string of the molecule is CN=C(NCCCCN1CCCC1)NC1CCN(c2cc(OC)cc(OC)c2)CC1.I. The maximum absolute atomic E-state index is 5.41. The Bertz CT molecular complexity index is 652. The molecule has 1 aromatic carbocycles. The van der Waals surface area contributed by atoms with Crippen LogP contribution in [0.1, 0.15) is 38.5 Å². The lowest BCUT2D eigenvalue weighted by molar-refractivity contribution is 0.330. The van der Waals surface area contributed by atoms with Crippen molar-refractivity contribution in [1.29, 1.82) is 0 Å². The predicted octanol–water partition coefficient (Wildman–Crippen LogP) is 3.33. The fourth-order valence-corrected chi connectivity index (χ4v) is 4.32. The number of ether oxygens (including phenoxy) is 2. The molecule has 3 rings (SSSR count). The van der Waals surface area contributed by atoms with Crippen molar-refractivity contribution in [3.8, 4) is 11.5 Å². The molecule has 2 saturated heterocycles. The second-order valence-electron chi connectivity index (χ2n) is 8.23. The third-order valence-electron chi connectivity index (χ3n) is 6.15. The Morgan fingerprint density at radius 2 is 1.65 bits per heavy atom. The van der Waals surface area contributed by atoms with Gasteiger partial charge < -0.3 is 29.9 Å². The molecule has 8 heteroatoms. The average molecular weight is 546 g/mol. The Labute approximate surface area is 205 Å². The van der Waals surface area contributed by atoms with E-state index < -0.39 is 0 Å². The van der Waals surface area contributed by atoms with Crippen molar-refractivity contribution in [3.63, 3.8) is 0 Å². The highest BCUT2D eigenvalue weighted by Gasteiger charge is 2.21. The van der Waals surface area contributed by atoms with Crippen molar-refractivity contribution in [1.82, 2.24) is 15.5 Å². The monoisotopic (exact) mass is 545 g/mol. The van der Waals surface area contributed by atoms with E-state index in [9.17, 15) is 0 Å². The maximum atomic E-state index is 5.41. The molecule has 0 aliphatic carbocycles. The number of hydrogen-bond donors (Lipinski definition) is 2. The molecular formula is C23H40IN5O2. The summed E-state index contributed by atoms with van der Waals surface area (Å²) in [6.07, 6.45) is 7.35. The van der Waals surface area contributed by atoms with Gasteiger partial charge >= 0.3 is 0 Å². The number of benzene rings is 1. The van der Waals surface area contributed by atoms with E-state index in [2.05, 4.69) is 37.6 Å². The molecule has 7 nitrogen and oxygen atoms in total. The fraction of sp³-hybridized carbons (Fsp3) is 0.696. The molecule has 2 N–H and O–H groups in total. The molecular weight excluding hydrogens is 505 g/mol. The van der Waals surface area contributed by atoms with Crippen LogP contribution in [0.25, 0.3) is 0 Å². The lowest BCUT2D eigenvalue weighted by Crippen LogP contribution is -2.49. The first-order valence-electron chi connectivity index (χ1n) is 11.4. The summed E-state index contributed by atoms with van der Waals surface area (Å²) in [5, 5.41) is 7.10. The molecule has 2 heterocycles. The van der Waals surface area contributed by atoms with Crippen LogP contribution in [0, 0.1) is 0 Å². The van der Waals surface area contributed by atoms with Crippen LogP contribution < -0.4 is 25.0 Å². The van der Waals surface area contributed by atoms with Crippen LogP contribution in [0.15, 0.2) is 23.2 Å². The lowest BCUT2D eigenvalue weighted by Gasteiger charge is -2.34. The van der Waals surface area contributed by atoms with E-state index in [1.165, 1.54) is 45.3 Å². The number of methoxy groups -OCH3 is 2. The van der Waals surface area contributed by atoms with Crippen LogP contribution in [0.4, 0.5) is 5.69 Å². The van der Waals surface area contributed by atoms with Crippen molar-refractivity contribution in [2.75, 3.05) is 65.4 Å². The fourth-order valence-electron chi connectivity index (χ4n) is 4.32. The van der Waals surface area contributed by atoms with Gasteiger partial charge in [-0.2, -0.15) is 0 Å². The van der Waals surface area contributed by atoms with Gasteiger partial charge in [0.1, 0.15) is 11.5 Å². The number of unbranched alkanes of at least 4 members (excludes halogenated alkanes) is 1. The predicted molar refractivity (Wildman–Crippen MR) is 140 cm³/mol. The van der Waals surface area contributed by atoms with Gasteiger partial charge in [0.05, 0.1) is 14.2 Å². The molecule has 0 amide bonds. The molecule has 0 aromatic heterocycles. The number of nitrogens with one attached hydrogen (secondary N) is 2. The molecule has 176 valence electrons. The summed E-state index contributed by atoms with van der Waals surface area (Å²) in [6, 6.07) is 6.53. The molecule has 2 fully saturated rings. The second-order valence-corrected chi connectivity index (χ2v) is 8.23. The van der Waals surface area contributed by atoms with Crippen LogP contribution in [0.3, 0.4) is 0 Å². The number of nitrogens with zero attached hydrogens (tertiary/aromatic N) is 3. The first-order chi connectivity index (χ1) is 14.7. The number of halogens is 1. The van der Waals surface area contributed by atoms with Crippen LogP contribution in [0.2, 0.25) is 0 Å². The zero-order valence-corrected chi connectivity index (χ0v) is 21.7. The topological polar surface area (TPSA) is 61.4 Å². The van der Waals surface area contributed by atoms with Gasteiger partial charge in [-0.25, -0.2) is 0 Å². The van der Waals surface area contributed by atoms with Crippen LogP contribution in [0.5, 0.6) is 11.5 Å². The zero-order valence-electron chi connectivity index (χ0n) is 19.4. The number of hydrogen-bond acceptors (Lipinski definition) is 5. The molecule has 0 atom stereocenters. The molecule has 0 unspecified atom stereocenters. The van der Waals surface area contributed by atoms with E-state index in [4.69, 9.17) is 9.47 Å². The van der Waals surface area contributed by atoms with Gasteiger partial charge in [-0.15, -0.1) is 24.0 Å². The van der Waals surface area contributed by atoms with Gasteiger partial charge in [0.15, 0.2) is 5.96 Å². The summed E-state index contributed by atoms with van der Waals surface area (Å²) < 4.78 is 10.8. The van der Waals surface area contributed by atoms with Crippen molar-refractivity contribution < 1.29 is 9.47 Å². The van der Waals surface area contributed by atoms with Crippen molar-refractivity contribution >= 4 is 35.6 Å². The van der Waals surface area contributed by atoms with Gasteiger partial charge in [0.2, 0.25) is 0 Å². The number of guanidine groups is 1. The van der Waals surface area contributed by atoms with Crippen LogP contribution in [-0.2, 0) is 0 Å².